The number of hydrogen-bond donors (Lipinski definition) is 1. The molecule has 1 aliphatic heterocycles. The van der Waals surface area contributed by atoms with E-state index in [1.807, 2.05) is 17.0 Å². The van der Waals surface area contributed by atoms with Crippen LogP contribution < -0.4 is 9.47 Å². The summed E-state index contributed by atoms with van der Waals surface area (Å²) in [6, 6.07) is 3.45. The molecule has 104 valence electrons. The van der Waals surface area contributed by atoms with E-state index in [4.69, 9.17) is 14.6 Å². The van der Waals surface area contributed by atoms with Gasteiger partial charge in [-0.15, -0.1) is 0 Å². The molecule has 0 aliphatic carbocycles. The van der Waals surface area contributed by atoms with E-state index in [1.165, 1.54) is 5.56 Å². The molecule has 1 aromatic rings. The van der Waals surface area contributed by atoms with Gasteiger partial charge in [0.05, 0.1) is 14.2 Å². The van der Waals surface area contributed by atoms with Crippen molar-refractivity contribution in [2.24, 2.45) is 0 Å². The zero-order chi connectivity index (χ0) is 14.0. The third-order valence-electron chi connectivity index (χ3n) is 3.65. The van der Waals surface area contributed by atoms with E-state index >= 15 is 0 Å². The van der Waals surface area contributed by atoms with Gasteiger partial charge < -0.3 is 14.6 Å². The Balaban J connectivity index is 2.27. The van der Waals surface area contributed by atoms with Gasteiger partial charge in [-0.2, -0.15) is 0 Å². The first-order chi connectivity index (χ1) is 9.06. The monoisotopic (exact) mass is 265 g/mol. The molecule has 1 aliphatic rings. The highest BCUT2D eigenvalue weighted by Crippen LogP contribution is 2.33. The molecule has 5 nitrogen and oxygen atoms in total. The normalized spacial score (nSPS) is 16.6. The van der Waals surface area contributed by atoms with Crippen LogP contribution in [0.3, 0.4) is 0 Å². The predicted molar refractivity (Wildman–Crippen MR) is 70.8 cm³/mol. The van der Waals surface area contributed by atoms with Crippen molar-refractivity contribution in [1.29, 1.82) is 0 Å². The van der Waals surface area contributed by atoms with Crippen LogP contribution in [0.2, 0.25) is 0 Å². The minimum atomic E-state index is -0.788. The Hall–Kier alpha value is -1.75. The second-order valence-corrected chi connectivity index (χ2v) is 4.71. The van der Waals surface area contributed by atoms with Crippen molar-refractivity contribution in [2.75, 3.05) is 20.8 Å². The van der Waals surface area contributed by atoms with E-state index in [0.717, 1.165) is 24.3 Å². The summed E-state index contributed by atoms with van der Waals surface area (Å²) in [5.74, 6) is 0.621. The highest BCUT2D eigenvalue weighted by atomic mass is 16.5. The maximum atomic E-state index is 11.0. The summed E-state index contributed by atoms with van der Waals surface area (Å²) in [6.45, 7) is 3.09. The summed E-state index contributed by atoms with van der Waals surface area (Å²) < 4.78 is 10.6. The van der Waals surface area contributed by atoms with Crippen molar-refractivity contribution in [3.63, 3.8) is 0 Å². The second-order valence-electron chi connectivity index (χ2n) is 4.71. The van der Waals surface area contributed by atoms with Gasteiger partial charge in [-0.25, -0.2) is 0 Å². The van der Waals surface area contributed by atoms with Gasteiger partial charge in [-0.3, -0.25) is 9.69 Å². The van der Waals surface area contributed by atoms with Crippen molar-refractivity contribution < 1.29 is 19.4 Å². The number of carboxylic acid groups (broad SMARTS) is 1. The van der Waals surface area contributed by atoms with E-state index in [0.29, 0.717) is 12.3 Å². The molecule has 0 radical (unpaired) electrons. The Morgan fingerprint density at radius 2 is 1.84 bits per heavy atom. The van der Waals surface area contributed by atoms with Gasteiger partial charge in [-0.05, 0) is 36.6 Å². The zero-order valence-corrected chi connectivity index (χ0v) is 11.5. The molecule has 1 heterocycles. The van der Waals surface area contributed by atoms with Crippen LogP contribution in [-0.4, -0.2) is 42.8 Å². The molecule has 0 aromatic heterocycles. The topological polar surface area (TPSA) is 59.0 Å². The fourth-order valence-corrected chi connectivity index (χ4v) is 2.39. The van der Waals surface area contributed by atoms with Gasteiger partial charge in [0, 0.05) is 13.1 Å². The summed E-state index contributed by atoms with van der Waals surface area (Å²) in [7, 11) is 3.22. The smallest absolute Gasteiger partial charge is 0.320 e. The van der Waals surface area contributed by atoms with Gasteiger partial charge in [0.2, 0.25) is 0 Å². The lowest BCUT2D eigenvalue weighted by Crippen LogP contribution is -2.42. The van der Waals surface area contributed by atoms with Crippen LogP contribution in [0.25, 0.3) is 0 Å². The summed E-state index contributed by atoms with van der Waals surface area (Å²) in [6.07, 6.45) is 0.827. The van der Waals surface area contributed by atoms with Crippen LogP contribution in [0, 0.1) is 0 Å². The molecule has 2 rings (SSSR count). The van der Waals surface area contributed by atoms with Crippen molar-refractivity contribution in [3.05, 3.63) is 23.3 Å². The minimum absolute atomic E-state index is 0.471. The number of carboxylic acids is 1. The molecule has 5 heteroatoms. The van der Waals surface area contributed by atoms with E-state index in [-0.39, 0.29) is 0 Å². The molecule has 1 aromatic carbocycles. The Morgan fingerprint density at radius 3 is 2.37 bits per heavy atom. The van der Waals surface area contributed by atoms with Crippen LogP contribution >= 0.6 is 0 Å². The Morgan fingerprint density at radius 1 is 1.26 bits per heavy atom. The van der Waals surface area contributed by atoms with Crippen LogP contribution in [0.5, 0.6) is 11.5 Å². The van der Waals surface area contributed by atoms with Gasteiger partial charge in [0.1, 0.15) is 6.04 Å². The molecule has 1 atom stereocenters. The van der Waals surface area contributed by atoms with Crippen LogP contribution in [-0.2, 0) is 17.8 Å². The average Bonchev–Trinajstić information content (AvgIpc) is 2.44. The SMILES string of the molecule is COc1cc2c(cc1OC)CN(C(C)C(=O)O)CC2. The van der Waals surface area contributed by atoms with E-state index in [9.17, 15) is 4.79 Å². The van der Waals surface area contributed by atoms with Crippen molar-refractivity contribution in [2.45, 2.75) is 25.9 Å². The number of benzene rings is 1. The minimum Gasteiger partial charge on any atom is -0.493 e. The highest BCUT2D eigenvalue weighted by molar-refractivity contribution is 5.73. The number of fused-ring (bicyclic) bond motifs is 1. The quantitative estimate of drug-likeness (QED) is 0.894. The Bertz CT molecular complexity index is 487. The van der Waals surface area contributed by atoms with Gasteiger partial charge in [0.15, 0.2) is 11.5 Å². The van der Waals surface area contributed by atoms with Crippen molar-refractivity contribution in [1.82, 2.24) is 4.90 Å². The van der Waals surface area contributed by atoms with Gasteiger partial charge in [-0.1, -0.05) is 0 Å². The highest BCUT2D eigenvalue weighted by Gasteiger charge is 2.26. The number of nitrogens with zero attached hydrogens (tertiary/aromatic N) is 1. The van der Waals surface area contributed by atoms with Crippen LogP contribution in [0.15, 0.2) is 12.1 Å². The molecule has 1 unspecified atom stereocenters. The lowest BCUT2D eigenvalue weighted by molar-refractivity contribution is -0.143. The third-order valence-corrected chi connectivity index (χ3v) is 3.65. The first-order valence-corrected chi connectivity index (χ1v) is 6.27. The molecular formula is C14H19NO4. The molecule has 0 spiro atoms. The number of hydrogen-bond acceptors (Lipinski definition) is 4. The summed E-state index contributed by atoms with van der Waals surface area (Å²) in [5, 5.41) is 9.08. The Kier molecular flexibility index (Phi) is 3.95. The number of ether oxygens (including phenoxy) is 2. The molecule has 0 saturated carbocycles. The van der Waals surface area contributed by atoms with E-state index in [1.54, 1.807) is 21.1 Å². The van der Waals surface area contributed by atoms with E-state index < -0.39 is 12.0 Å². The molecule has 0 bridgehead atoms. The lowest BCUT2D eigenvalue weighted by Gasteiger charge is -2.32. The molecule has 19 heavy (non-hydrogen) atoms. The largest absolute Gasteiger partial charge is 0.493 e. The number of rotatable bonds is 4. The Labute approximate surface area is 112 Å². The molecule has 1 N–H and O–H groups in total. The number of carbonyl (C=O) groups is 1. The molecule has 0 fully saturated rings. The van der Waals surface area contributed by atoms with Crippen LogP contribution in [0.4, 0.5) is 0 Å². The number of methoxy groups -OCH3 is 2. The standard InChI is InChI=1S/C14H19NO4/c1-9(14(16)17)15-5-4-10-6-12(18-2)13(19-3)7-11(10)8-15/h6-7,9H,4-5,8H2,1-3H3,(H,16,17). The maximum absolute atomic E-state index is 11.0. The first-order valence-electron chi connectivity index (χ1n) is 6.27. The number of aliphatic carboxylic acids is 1. The molecular weight excluding hydrogens is 246 g/mol. The fraction of sp³-hybridized carbons (Fsp3) is 0.500. The molecule has 0 amide bonds. The van der Waals surface area contributed by atoms with Crippen molar-refractivity contribution >= 4 is 5.97 Å². The summed E-state index contributed by atoms with van der Waals surface area (Å²) in [5.41, 5.74) is 2.31. The third kappa shape index (κ3) is 2.66. The fourth-order valence-electron chi connectivity index (χ4n) is 2.39. The average molecular weight is 265 g/mol. The van der Waals surface area contributed by atoms with E-state index in [2.05, 4.69) is 0 Å². The predicted octanol–water partition coefficient (Wildman–Crippen LogP) is 1.53. The van der Waals surface area contributed by atoms with Crippen LogP contribution in [0.1, 0.15) is 18.1 Å². The maximum Gasteiger partial charge on any atom is 0.320 e. The van der Waals surface area contributed by atoms with Gasteiger partial charge in [0.25, 0.3) is 0 Å². The van der Waals surface area contributed by atoms with Gasteiger partial charge >= 0.3 is 5.97 Å². The summed E-state index contributed by atoms with van der Waals surface area (Å²) >= 11 is 0. The van der Waals surface area contributed by atoms with Crippen molar-refractivity contribution in [3.8, 4) is 11.5 Å². The zero-order valence-electron chi connectivity index (χ0n) is 11.5. The lowest BCUT2D eigenvalue weighted by atomic mass is 9.98. The molecule has 0 saturated heterocycles. The second kappa shape index (κ2) is 5.48. The first kappa shape index (κ1) is 13.7. The summed E-state index contributed by atoms with van der Waals surface area (Å²) in [4.78, 5) is 13.0.